The van der Waals surface area contributed by atoms with E-state index in [1.54, 1.807) is 24.3 Å². The molecule has 1 aromatic heterocycles. The zero-order chi connectivity index (χ0) is 16.8. The molecular formula is C19H16N2O3. The maximum absolute atomic E-state index is 12.6. The highest BCUT2D eigenvalue weighted by molar-refractivity contribution is 6.07. The van der Waals surface area contributed by atoms with Crippen molar-refractivity contribution in [2.75, 3.05) is 0 Å². The molecular weight excluding hydrogens is 304 g/mol. The number of hydrogen-bond acceptors (Lipinski definition) is 3. The minimum Gasteiger partial charge on any atom is -0.322 e. The molecule has 1 aliphatic carbocycles. The Kier molecular flexibility index (Phi) is 3.23. The summed E-state index contributed by atoms with van der Waals surface area (Å²) in [5, 5.41) is 0.871. The smallest absolute Gasteiger partial charge is 0.248 e. The normalized spacial score (nSPS) is 23.8. The van der Waals surface area contributed by atoms with Crippen molar-refractivity contribution in [3.63, 3.8) is 0 Å². The molecule has 3 atom stereocenters. The summed E-state index contributed by atoms with van der Waals surface area (Å²) >= 11 is 0. The van der Waals surface area contributed by atoms with E-state index >= 15 is 0 Å². The van der Waals surface area contributed by atoms with Gasteiger partial charge in [-0.1, -0.05) is 30.4 Å². The van der Waals surface area contributed by atoms with Crippen molar-refractivity contribution in [1.29, 1.82) is 0 Å². The van der Waals surface area contributed by atoms with E-state index in [0.717, 1.165) is 16.5 Å². The molecule has 1 aliphatic heterocycles. The number of amides is 2. The molecule has 2 amide bonds. The van der Waals surface area contributed by atoms with Gasteiger partial charge < -0.3 is 4.98 Å². The highest BCUT2D eigenvalue weighted by Crippen LogP contribution is 2.36. The number of carbonyl (C=O) groups excluding carboxylic acids is 2. The van der Waals surface area contributed by atoms with Gasteiger partial charge in [0.15, 0.2) is 0 Å². The lowest BCUT2D eigenvalue weighted by atomic mass is 9.91. The van der Waals surface area contributed by atoms with Crippen molar-refractivity contribution in [1.82, 2.24) is 9.88 Å². The number of allylic oxidation sites excluding steroid dienone is 2. The highest BCUT2D eigenvalue weighted by atomic mass is 16.2. The number of imide groups is 1. The molecule has 3 unspecified atom stereocenters. The minimum atomic E-state index is -0.387. The summed E-state index contributed by atoms with van der Waals surface area (Å²) in [6.07, 6.45) is 7.21. The van der Waals surface area contributed by atoms with Crippen LogP contribution in [-0.2, 0) is 9.59 Å². The molecule has 5 nitrogen and oxygen atoms in total. The van der Waals surface area contributed by atoms with Crippen molar-refractivity contribution < 1.29 is 9.59 Å². The molecule has 0 bridgehead atoms. The number of nitrogens with zero attached hydrogens (tertiary/aromatic N) is 1. The fraction of sp³-hybridized carbons (Fsp3) is 0.211. The molecule has 4 rings (SSSR count). The molecule has 2 aromatic rings. The van der Waals surface area contributed by atoms with E-state index < -0.39 is 0 Å². The number of benzene rings is 1. The van der Waals surface area contributed by atoms with Gasteiger partial charge in [0, 0.05) is 11.6 Å². The Labute approximate surface area is 138 Å². The minimum absolute atomic E-state index is 0.153. The van der Waals surface area contributed by atoms with E-state index in [1.807, 2.05) is 31.2 Å². The third kappa shape index (κ3) is 2.12. The van der Waals surface area contributed by atoms with Gasteiger partial charge in [-0.3, -0.25) is 19.3 Å². The third-order valence-corrected chi connectivity index (χ3v) is 4.80. The van der Waals surface area contributed by atoms with Crippen molar-refractivity contribution in [3.8, 4) is 0 Å². The van der Waals surface area contributed by atoms with Crippen molar-refractivity contribution in [3.05, 3.63) is 70.6 Å². The molecule has 0 saturated carbocycles. The molecule has 2 heterocycles. The summed E-state index contributed by atoms with van der Waals surface area (Å²) in [7, 11) is 0. The number of hydrogen-bond donors (Lipinski definition) is 1. The summed E-state index contributed by atoms with van der Waals surface area (Å²) in [6.45, 7) is 1.85. The fourth-order valence-corrected chi connectivity index (χ4v) is 3.47. The SMILES string of the molecule is CC(c1ccc2[nH]c(=O)ccc2c1)N1C(=O)C2C=CC=CC2C1=O. The number of carbonyl (C=O) groups is 2. The quantitative estimate of drug-likeness (QED) is 0.863. The van der Waals surface area contributed by atoms with Gasteiger partial charge in [-0.15, -0.1) is 0 Å². The molecule has 5 heteroatoms. The number of aromatic amines is 1. The number of pyridine rings is 1. The van der Waals surface area contributed by atoms with E-state index in [1.165, 1.54) is 11.0 Å². The van der Waals surface area contributed by atoms with E-state index in [2.05, 4.69) is 4.98 Å². The van der Waals surface area contributed by atoms with Crippen molar-refractivity contribution in [2.45, 2.75) is 13.0 Å². The number of H-pyrrole nitrogens is 1. The number of fused-ring (bicyclic) bond motifs is 2. The van der Waals surface area contributed by atoms with Crippen molar-refractivity contribution in [2.24, 2.45) is 11.8 Å². The third-order valence-electron chi connectivity index (χ3n) is 4.80. The van der Waals surface area contributed by atoms with Crippen molar-refractivity contribution >= 4 is 22.7 Å². The lowest BCUT2D eigenvalue weighted by Gasteiger charge is -2.23. The van der Waals surface area contributed by atoms with Crippen LogP contribution < -0.4 is 5.56 Å². The Hall–Kier alpha value is -2.95. The van der Waals surface area contributed by atoms with E-state index in [-0.39, 0.29) is 35.3 Å². The first-order valence-electron chi connectivity index (χ1n) is 7.91. The Bertz CT molecular complexity index is 940. The molecule has 0 spiro atoms. The van der Waals surface area contributed by atoms with Gasteiger partial charge in [0.25, 0.3) is 0 Å². The average Bonchev–Trinajstić information content (AvgIpc) is 2.85. The van der Waals surface area contributed by atoms with Crippen LogP contribution >= 0.6 is 0 Å². The second-order valence-electron chi connectivity index (χ2n) is 6.21. The predicted molar refractivity (Wildman–Crippen MR) is 90.1 cm³/mol. The monoisotopic (exact) mass is 320 g/mol. The van der Waals surface area contributed by atoms with Crippen LogP contribution in [0.5, 0.6) is 0 Å². The molecule has 1 fully saturated rings. The first-order valence-corrected chi connectivity index (χ1v) is 7.91. The number of rotatable bonds is 2. The summed E-state index contributed by atoms with van der Waals surface area (Å²) in [5.41, 5.74) is 1.44. The van der Waals surface area contributed by atoms with Gasteiger partial charge in [0.05, 0.1) is 17.9 Å². The largest absolute Gasteiger partial charge is 0.322 e. The summed E-state index contributed by atoms with van der Waals surface area (Å²) in [6, 6.07) is 8.41. The van der Waals surface area contributed by atoms with Crippen LogP contribution in [0.1, 0.15) is 18.5 Å². The summed E-state index contributed by atoms with van der Waals surface area (Å²) < 4.78 is 0. The van der Waals surface area contributed by atoms with E-state index in [9.17, 15) is 14.4 Å². The number of nitrogens with one attached hydrogen (secondary N) is 1. The number of likely N-dealkylation sites (tertiary alicyclic amines) is 1. The highest BCUT2D eigenvalue weighted by Gasteiger charge is 2.47. The summed E-state index contributed by atoms with van der Waals surface area (Å²) in [4.78, 5) is 40.8. The zero-order valence-corrected chi connectivity index (χ0v) is 13.1. The van der Waals surface area contributed by atoms with Gasteiger partial charge in [-0.2, -0.15) is 0 Å². The predicted octanol–water partition coefficient (Wildman–Crippen LogP) is 2.32. The zero-order valence-electron chi connectivity index (χ0n) is 13.1. The standard InChI is InChI=1S/C19H16N2O3/c1-11(12-6-8-16-13(10-12)7-9-17(22)20-16)21-18(23)14-4-2-3-5-15(14)19(21)24/h2-11,14-15H,1H3,(H,20,22). The fourth-order valence-electron chi connectivity index (χ4n) is 3.47. The lowest BCUT2D eigenvalue weighted by Crippen LogP contribution is -2.33. The first kappa shape index (κ1) is 14.6. The Morgan fingerprint density at radius 1 is 0.958 bits per heavy atom. The molecule has 2 aliphatic rings. The maximum Gasteiger partial charge on any atom is 0.248 e. The van der Waals surface area contributed by atoms with E-state index in [0.29, 0.717) is 0 Å². The van der Waals surface area contributed by atoms with Crippen LogP contribution in [0.3, 0.4) is 0 Å². The lowest BCUT2D eigenvalue weighted by molar-refractivity contribution is -0.141. The van der Waals surface area contributed by atoms with Crippen LogP contribution in [0.4, 0.5) is 0 Å². The Balaban J connectivity index is 1.72. The molecule has 120 valence electrons. The summed E-state index contributed by atoms with van der Waals surface area (Å²) in [5.74, 6) is -1.08. The molecule has 0 radical (unpaired) electrons. The van der Waals surface area contributed by atoms with Crippen LogP contribution in [0, 0.1) is 11.8 Å². The second kappa shape index (κ2) is 5.30. The molecule has 1 N–H and O–H groups in total. The Morgan fingerprint density at radius 2 is 1.62 bits per heavy atom. The average molecular weight is 320 g/mol. The molecule has 1 saturated heterocycles. The Morgan fingerprint density at radius 3 is 2.29 bits per heavy atom. The van der Waals surface area contributed by atoms with Crippen LogP contribution in [-0.4, -0.2) is 21.7 Å². The van der Waals surface area contributed by atoms with Gasteiger partial charge in [0.2, 0.25) is 17.4 Å². The van der Waals surface area contributed by atoms with Gasteiger partial charge in [-0.25, -0.2) is 0 Å². The van der Waals surface area contributed by atoms with Crippen LogP contribution in [0.25, 0.3) is 10.9 Å². The van der Waals surface area contributed by atoms with Gasteiger partial charge >= 0.3 is 0 Å². The van der Waals surface area contributed by atoms with Gasteiger partial charge in [-0.05, 0) is 36.1 Å². The maximum atomic E-state index is 12.6. The van der Waals surface area contributed by atoms with E-state index in [4.69, 9.17) is 0 Å². The van der Waals surface area contributed by atoms with Crippen LogP contribution in [0.15, 0.2) is 59.4 Å². The first-order chi connectivity index (χ1) is 11.6. The van der Waals surface area contributed by atoms with Gasteiger partial charge in [0.1, 0.15) is 0 Å². The number of aromatic nitrogens is 1. The van der Waals surface area contributed by atoms with Crippen LogP contribution in [0.2, 0.25) is 0 Å². The molecule has 1 aromatic carbocycles. The second-order valence-corrected chi connectivity index (χ2v) is 6.21. The molecule has 24 heavy (non-hydrogen) atoms. The topological polar surface area (TPSA) is 70.2 Å².